The minimum absolute atomic E-state index is 0.0894. The molecule has 6 nitrogen and oxygen atoms in total. The molecular formula is C25H34N4O2. The molecule has 5 rings (SSSR count). The SMILES string of the molecule is COC1CC2CCC(C1)N2c1nc(O)nc2c1CN(c1cc(C(C)C)ccc1C)CC2. The second-order valence-corrected chi connectivity index (χ2v) is 9.77. The second-order valence-electron chi connectivity index (χ2n) is 9.77. The van der Waals surface area contributed by atoms with Crippen LogP contribution in [-0.2, 0) is 17.7 Å². The molecule has 0 amide bonds. The van der Waals surface area contributed by atoms with Gasteiger partial charge < -0.3 is 19.6 Å². The van der Waals surface area contributed by atoms with E-state index in [1.54, 1.807) is 0 Å². The van der Waals surface area contributed by atoms with Crippen molar-refractivity contribution in [2.75, 3.05) is 23.5 Å². The Bertz CT molecular complexity index is 962. The molecule has 31 heavy (non-hydrogen) atoms. The van der Waals surface area contributed by atoms with Crippen molar-refractivity contribution in [1.29, 1.82) is 0 Å². The van der Waals surface area contributed by atoms with Gasteiger partial charge in [-0.1, -0.05) is 26.0 Å². The lowest BCUT2D eigenvalue weighted by Gasteiger charge is -2.41. The number of anilines is 2. The highest BCUT2D eigenvalue weighted by atomic mass is 16.5. The predicted octanol–water partition coefficient (Wildman–Crippen LogP) is 4.32. The number of fused-ring (bicyclic) bond motifs is 3. The topological polar surface area (TPSA) is 61.7 Å². The van der Waals surface area contributed by atoms with Gasteiger partial charge in [0.05, 0.1) is 11.8 Å². The number of benzene rings is 1. The molecular weight excluding hydrogens is 388 g/mol. The van der Waals surface area contributed by atoms with Crippen LogP contribution in [0, 0.1) is 6.92 Å². The van der Waals surface area contributed by atoms with Crippen molar-refractivity contribution in [3.8, 4) is 6.01 Å². The number of nitrogens with zero attached hydrogens (tertiary/aromatic N) is 4. The van der Waals surface area contributed by atoms with Crippen LogP contribution in [0.15, 0.2) is 18.2 Å². The van der Waals surface area contributed by atoms with E-state index >= 15 is 0 Å². The van der Waals surface area contributed by atoms with Gasteiger partial charge in [0.15, 0.2) is 0 Å². The van der Waals surface area contributed by atoms with Crippen molar-refractivity contribution >= 4 is 11.5 Å². The number of aryl methyl sites for hydroxylation is 1. The number of hydrogen-bond acceptors (Lipinski definition) is 6. The molecule has 1 aromatic carbocycles. The Balaban J connectivity index is 1.50. The van der Waals surface area contributed by atoms with E-state index in [-0.39, 0.29) is 6.01 Å². The minimum atomic E-state index is -0.0894. The molecule has 2 unspecified atom stereocenters. The van der Waals surface area contributed by atoms with Gasteiger partial charge in [0.25, 0.3) is 0 Å². The molecule has 1 N–H and O–H groups in total. The van der Waals surface area contributed by atoms with Crippen molar-refractivity contribution in [2.24, 2.45) is 0 Å². The van der Waals surface area contributed by atoms with E-state index in [0.717, 1.165) is 43.9 Å². The zero-order valence-electron chi connectivity index (χ0n) is 19.1. The van der Waals surface area contributed by atoms with Gasteiger partial charge in [-0.05, 0) is 55.7 Å². The molecule has 3 aliphatic heterocycles. The molecule has 1 aromatic heterocycles. The summed E-state index contributed by atoms with van der Waals surface area (Å²) < 4.78 is 5.69. The highest BCUT2D eigenvalue weighted by Crippen LogP contribution is 2.43. The molecule has 2 aromatic rings. The first-order valence-electron chi connectivity index (χ1n) is 11.7. The Morgan fingerprint density at radius 3 is 2.55 bits per heavy atom. The maximum atomic E-state index is 10.3. The molecule has 0 saturated carbocycles. The number of methoxy groups -OCH3 is 1. The maximum Gasteiger partial charge on any atom is 0.316 e. The standard InChI is InChI=1S/C25H34N4O2/c1-15(2)17-6-5-16(3)23(11-17)28-10-9-22-21(14-28)24(27-25(30)26-22)29-18-7-8-19(29)13-20(12-18)31-4/h5-6,11,15,18-20H,7-10,12-14H2,1-4H3,(H,26,27,30). The van der Waals surface area contributed by atoms with Crippen molar-refractivity contribution in [3.05, 3.63) is 40.6 Å². The van der Waals surface area contributed by atoms with Crippen LogP contribution in [0.5, 0.6) is 6.01 Å². The number of hydrogen-bond donors (Lipinski definition) is 1. The summed E-state index contributed by atoms with van der Waals surface area (Å²) in [5.74, 6) is 1.46. The Morgan fingerprint density at radius 2 is 1.87 bits per heavy atom. The zero-order valence-corrected chi connectivity index (χ0v) is 19.1. The van der Waals surface area contributed by atoms with Crippen LogP contribution in [0.25, 0.3) is 0 Å². The van der Waals surface area contributed by atoms with Crippen LogP contribution < -0.4 is 9.80 Å². The third kappa shape index (κ3) is 3.65. The number of piperidine rings is 1. The molecule has 166 valence electrons. The van der Waals surface area contributed by atoms with Gasteiger partial charge >= 0.3 is 6.01 Å². The van der Waals surface area contributed by atoms with Gasteiger partial charge in [-0.15, -0.1) is 0 Å². The molecule has 3 aliphatic rings. The first-order chi connectivity index (χ1) is 14.9. The molecule has 6 heteroatoms. The second kappa shape index (κ2) is 7.97. The Kier molecular flexibility index (Phi) is 5.29. The van der Waals surface area contributed by atoms with E-state index in [4.69, 9.17) is 4.74 Å². The lowest BCUT2D eigenvalue weighted by Crippen LogP contribution is -2.47. The van der Waals surface area contributed by atoms with E-state index in [0.29, 0.717) is 24.1 Å². The summed E-state index contributed by atoms with van der Waals surface area (Å²) in [5.41, 5.74) is 6.16. The van der Waals surface area contributed by atoms with Gasteiger partial charge in [-0.2, -0.15) is 9.97 Å². The summed E-state index contributed by atoms with van der Waals surface area (Å²) in [6.45, 7) is 8.38. The lowest BCUT2D eigenvalue weighted by molar-refractivity contribution is 0.0681. The van der Waals surface area contributed by atoms with E-state index < -0.39 is 0 Å². The number of rotatable bonds is 4. The highest BCUT2D eigenvalue weighted by Gasteiger charge is 2.43. The molecule has 2 saturated heterocycles. The lowest BCUT2D eigenvalue weighted by atomic mass is 9.96. The average Bonchev–Trinajstić information content (AvgIpc) is 3.02. The van der Waals surface area contributed by atoms with Crippen molar-refractivity contribution in [2.45, 2.75) is 83.5 Å². The fourth-order valence-corrected chi connectivity index (χ4v) is 5.79. The molecule has 0 aliphatic carbocycles. The molecule has 2 bridgehead atoms. The van der Waals surface area contributed by atoms with Gasteiger partial charge in [0.1, 0.15) is 5.82 Å². The molecule has 0 radical (unpaired) electrons. The maximum absolute atomic E-state index is 10.3. The van der Waals surface area contributed by atoms with Crippen LogP contribution in [-0.4, -0.2) is 46.9 Å². The minimum Gasteiger partial charge on any atom is -0.479 e. The van der Waals surface area contributed by atoms with E-state index in [2.05, 4.69) is 58.7 Å². The van der Waals surface area contributed by atoms with Crippen molar-refractivity contribution < 1.29 is 9.84 Å². The van der Waals surface area contributed by atoms with Gasteiger partial charge in [-0.3, -0.25) is 0 Å². The monoisotopic (exact) mass is 422 g/mol. The van der Waals surface area contributed by atoms with Crippen molar-refractivity contribution in [1.82, 2.24) is 9.97 Å². The van der Waals surface area contributed by atoms with Crippen LogP contribution in [0.2, 0.25) is 0 Å². The number of aromatic hydroxyl groups is 1. The summed E-state index contributed by atoms with van der Waals surface area (Å²) in [6, 6.07) is 7.61. The van der Waals surface area contributed by atoms with Crippen LogP contribution in [0.3, 0.4) is 0 Å². The quantitative estimate of drug-likeness (QED) is 0.792. The molecule has 4 heterocycles. The normalized spacial score (nSPS) is 25.3. The molecule has 2 fully saturated rings. The Morgan fingerprint density at radius 1 is 1.13 bits per heavy atom. The molecule has 2 atom stereocenters. The summed E-state index contributed by atoms with van der Waals surface area (Å²) in [7, 11) is 1.82. The van der Waals surface area contributed by atoms with Crippen LogP contribution in [0.4, 0.5) is 11.5 Å². The summed E-state index contributed by atoms with van der Waals surface area (Å²) in [6.07, 6.45) is 5.57. The van der Waals surface area contributed by atoms with Crippen molar-refractivity contribution in [3.63, 3.8) is 0 Å². The Hall–Kier alpha value is -2.34. The van der Waals surface area contributed by atoms with Crippen LogP contribution >= 0.6 is 0 Å². The smallest absolute Gasteiger partial charge is 0.316 e. The third-order valence-electron chi connectivity index (χ3n) is 7.53. The predicted molar refractivity (Wildman–Crippen MR) is 123 cm³/mol. The number of ether oxygens (including phenoxy) is 1. The van der Waals surface area contributed by atoms with Crippen LogP contribution in [0.1, 0.15) is 67.8 Å². The van der Waals surface area contributed by atoms with Gasteiger partial charge in [0, 0.05) is 50.0 Å². The summed E-state index contributed by atoms with van der Waals surface area (Å²) >= 11 is 0. The summed E-state index contributed by atoms with van der Waals surface area (Å²) in [4.78, 5) is 14.0. The van der Waals surface area contributed by atoms with E-state index in [9.17, 15) is 5.11 Å². The van der Waals surface area contributed by atoms with Gasteiger partial charge in [0.2, 0.25) is 0 Å². The zero-order chi connectivity index (χ0) is 21.7. The van der Waals surface area contributed by atoms with Gasteiger partial charge in [-0.25, -0.2) is 0 Å². The first-order valence-corrected chi connectivity index (χ1v) is 11.7. The fraction of sp³-hybridized carbons (Fsp3) is 0.600. The van der Waals surface area contributed by atoms with E-state index in [1.807, 2.05) is 7.11 Å². The largest absolute Gasteiger partial charge is 0.479 e. The number of aromatic nitrogens is 2. The summed E-state index contributed by atoms with van der Waals surface area (Å²) in [5, 5.41) is 10.3. The average molecular weight is 423 g/mol. The molecule has 0 spiro atoms. The fourth-order valence-electron chi connectivity index (χ4n) is 5.79. The highest BCUT2D eigenvalue weighted by molar-refractivity contribution is 5.61. The third-order valence-corrected chi connectivity index (χ3v) is 7.53. The first kappa shape index (κ1) is 20.6. The van der Waals surface area contributed by atoms with E-state index in [1.165, 1.54) is 35.2 Å². The Labute approximate surface area is 185 Å².